The monoisotopic (exact) mass is 344 g/mol. The van der Waals surface area contributed by atoms with Crippen LogP contribution in [0.2, 0.25) is 0 Å². The number of hydrogen-bond acceptors (Lipinski definition) is 2. The van der Waals surface area contributed by atoms with Gasteiger partial charge < -0.3 is 5.32 Å². The van der Waals surface area contributed by atoms with E-state index < -0.39 is 0 Å². The first-order chi connectivity index (χ1) is 9.58. The van der Waals surface area contributed by atoms with Crippen molar-refractivity contribution < 1.29 is 0 Å². The van der Waals surface area contributed by atoms with Crippen molar-refractivity contribution in [1.82, 2.24) is 10.2 Å². The van der Waals surface area contributed by atoms with Crippen LogP contribution in [0.3, 0.4) is 0 Å². The normalized spacial score (nSPS) is 16.5. The molecule has 1 aromatic rings. The van der Waals surface area contributed by atoms with Gasteiger partial charge in [0.15, 0.2) is 0 Å². The summed E-state index contributed by atoms with van der Waals surface area (Å²) >= 11 is 0. The Kier molecular flexibility index (Phi) is 10.0. The Hall–Kier alpha value is -0.540. The molecule has 1 N–H and O–H groups in total. The Morgan fingerprint density at radius 2 is 1.59 bits per heavy atom. The van der Waals surface area contributed by atoms with E-state index >= 15 is 0 Å². The zero-order valence-corrected chi connectivity index (χ0v) is 15.6. The van der Waals surface area contributed by atoms with E-state index in [-0.39, 0.29) is 24.8 Å². The average Bonchev–Trinajstić information content (AvgIpc) is 2.45. The summed E-state index contributed by atoms with van der Waals surface area (Å²) in [5.74, 6) is 0.600. The molecule has 1 saturated heterocycles. The average molecular weight is 345 g/mol. The molecule has 0 aromatic heterocycles. The van der Waals surface area contributed by atoms with Crippen molar-refractivity contribution in [3.05, 3.63) is 47.5 Å². The molecule has 0 amide bonds. The van der Waals surface area contributed by atoms with Gasteiger partial charge in [-0.3, -0.25) is 4.90 Å². The van der Waals surface area contributed by atoms with Gasteiger partial charge in [-0.15, -0.1) is 31.4 Å². The van der Waals surface area contributed by atoms with E-state index in [0.29, 0.717) is 12.0 Å². The van der Waals surface area contributed by atoms with Gasteiger partial charge in [0.1, 0.15) is 0 Å². The van der Waals surface area contributed by atoms with Crippen LogP contribution in [0, 0.1) is 0 Å². The van der Waals surface area contributed by atoms with Gasteiger partial charge in [-0.2, -0.15) is 0 Å². The lowest BCUT2D eigenvalue weighted by atomic mass is 9.95. The van der Waals surface area contributed by atoms with Crippen molar-refractivity contribution in [1.29, 1.82) is 0 Å². The molecular weight excluding hydrogens is 315 g/mol. The van der Waals surface area contributed by atoms with Crippen LogP contribution in [-0.4, -0.2) is 31.1 Å². The molecule has 0 unspecified atom stereocenters. The summed E-state index contributed by atoms with van der Waals surface area (Å²) in [6.07, 6.45) is 1.06. The molecule has 1 heterocycles. The minimum Gasteiger partial charge on any atom is -0.314 e. The van der Waals surface area contributed by atoms with E-state index in [4.69, 9.17) is 0 Å². The van der Waals surface area contributed by atoms with Crippen molar-refractivity contribution in [2.24, 2.45) is 0 Å². The maximum Gasteiger partial charge on any atom is 0.0386 e. The summed E-state index contributed by atoms with van der Waals surface area (Å²) < 4.78 is 0. The highest BCUT2D eigenvalue weighted by atomic mass is 35.5. The minimum atomic E-state index is 0. The van der Waals surface area contributed by atoms with Crippen molar-refractivity contribution in [3.8, 4) is 0 Å². The van der Waals surface area contributed by atoms with Gasteiger partial charge in [0.05, 0.1) is 0 Å². The molecule has 0 saturated carbocycles. The zero-order valence-electron chi connectivity index (χ0n) is 14.0. The Bertz CT molecular complexity index is 437. The second kappa shape index (κ2) is 10.3. The highest BCUT2D eigenvalue weighted by Gasteiger charge is 2.22. The Balaban J connectivity index is 0.00000220. The lowest BCUT2D eigenvalue weighted by Crippen LogP contribution is -2.45. The summed E-state index contributed by atoms with van der Waals surface area (Å²) in [6, 6.07) is 9.67. The molecule has 0 radical (unpaired) electrons. The molecule has 0 bridgehead atoms. The molecule has 1 aliphatic rings. The highest BCUT2D eigenvalue weighted by Crippen LogP contribution is 2.28. The molecule has 1 aliphatic heterocycles. The molecule has 1 fully saturated rings. The summed E-state index contributed by atoms with van der Waals surface area (Å²) in [4.78, 5) is 2.59. The van der Waals surface area contributed by atoms with Gasteiger partial charge >= 0.3 is 0 Å². The lowest BCUT2D eigenvalue weighted by Gasteiger charge is -2.35. The molecule has 2 nitrogen and oxygen atoms in total. The molecule has 1 aromatic carbocycles. The minimum absolute atomic E-state index is 0. The Morgan fingerprint density at radius 1 is 1.09 bits per heavy atom. The quantitative estimate of drug-likeness (QED) is 0.787. The van der Waals surface area contributed by atoms with Crippen LogP contribution in [-0.2, 0) is 0 Å². The number of hydrogen-bond donors (Lipinski definition) is 1. The smallest absolute Gasteiger partial charge is 0.0386 e. The largest absolute Gasteiger partial charge is 0.314 e. The maximum absolute atomic E-state index is 4.12. The van der Waals surface area contributed by atoms with Gasteiger partial charge in [-0.05, 0) is 30.4 Å². The Morgan fingerprint density at radius 3 is 2.05 bits per heavy atom. The topological polar surface area (TPSA) is 15.3 Å². The van der Waals surface area contributed by atoms with E-state index in [1.165, 1.54) is 16.7 Å². The van der Waals surface area contributed by atoms with Gasteiger partial charge in [0, 0.05) is 32.2 Å². The maximum atomic E-state index is 4.12. The predicted octanol–water partition coefficient (Wildman–Crippen LogP) is 4.57. The van der Waals surface area contributed by atoms with Gasteiger partial charge in [0.25, 0.3) is 0 Å². The molecule has 0 spiro atoms. The number of piperazine rings is 1. The van der Waals surface area contributed by atoms with Crippen LogP contribution in [0.15, 0.2) is 36.4 Å². The van der Waals surface area contributed by atoms with Crippen LogP contribution >= 0.6 is 24.8 Å². The molecule has 2 rings (SSSR count). The van der Waals surface area contributed by atoms with E-state index in [1.54, 1.807) is 0 Å². The Labute approximate surface area is 148 Å². The fourth-order valence-electron chi connectivity index (χ4n) is 2.88. The standard InChI is InChI=1S/C18H28N2.2ClH/c1-14(2)13-18(20-11-9-19-10-12-20)17-7-5-16(6-8-17)15(3)4;;/h5-8,15,18-19H,1,9-13H2,2-4H3;2*1H/t18-;;/m0../s1. The first-order valence-electron chi connectivity index (χ1n) is 7.77. The van der Waals surface area contributed by atoms with Gasteiger partial charge in [-0.1, -0.05) is 43.7 Å². The zero-order chi connectivity index (χ0) is 14.5. The number of nitrogens with zero attached hydrogens (tertiary/aromatic N) is 1. The molecule has 0 aliphatic carbocycles. The van der Waals surface area contributed by atoms with Crippen LogP contribution in [0.1, 0.15) is 50.3 Å². The second-order valence-corrected chi connectivity index (χ2v) is 6.28. The fourth-order valence-corrected chi connectivity index (χ4v) is 2.88. The summed E-state index contributed by atoms with van der Waals surface area (Å²) in [5, 5.41) is 3.43. The van der Waals surface area contributed by atoms with Crippen molar-refractivity contribution in [3.63, 3.8) is 0 Å². The third-order valence-electron chi connectivity index (χ3n) is 4.12. The van der Waals surface area contributed by atoms with Gasteiger partial charge in [0.2, 0.25) is 0 Å². The van der Waals surface area contributed by atoms with Crippen LogP contribution in [0.4, 0.5) is 0 Å². The SMILES string of the molecule is C=C(C)C[C@@H](c1ccc(C(C)C)cc1)N1CCNCC1.Cl.Cl. The second-order valence-electron chi connectivity index (χ2n) is 6.28. The van der Waals surface area contributed by atoms with Crippen LogP contribution < -0.4 is 5.32 Å². The van der Waals surface area contributed by atoms with E-state index in [0.717, 1.165) is 32.6 Å². The lowest BCUT2D eigenvalue weighted by molar-refractivity contribution is 0.172. The fraction of sp³-hybridized carbons (Fsp3) is 0.556. The number of rotatable bonds is 5. The van der Waals surface area contributed by atoms with E-state index in [9.17, 15) is 0 Å². The molecule has 1 atom stereocenters. The van der Waals surface area contributed by atoms with E-state index in [1.807, 2.05) is 0 Å². The number of nitrogens with one attached hydrogen (secondary N) is 1. The first-order valence-corrected chi connectivity index (χ1v) is 7.77. The first kappa shape index (κ1) is 21.5. The molecule has 126 valence electrons. The van der Waals surface area contributed by atoms with Crippen molar-refractivity contribution in [2.75, 3.05) is 26.2 Å². The summed E-state index contributed by atoms with van der Waals surface area (Å²) in [6.45, 7) is 15.2. The van der Waals surface area contributed by atoms with Crippen molar-refractivity contribution in [2.45, 2.75) is 39.2 Å². The molecule has 22 heavy (non-hydrogen) atoms. The van der Waals surface area contributed by atoms with Crippen molar-refractivity contribution >= 4 is 24.8 Å². The number of benzene rings is 1. The predicted molar refractivity (Wildman–Crippen MR) is 102 cm³/mol. The number of halogens is 2. The third-order valence-corrected chi connectivity index (χ3v) is 4.12. The van der Waals surface area contributed by atoms with Crippen LogP contribution in [0.5, 0.6) is 0 Å². The van der Waals surface area contributed by atoms with E-state index in [2.05, 4.69) is 61.8 Å². The highest BCUT2D eigenvalue weighted by molar-refractivity contribution is 5.85. The molecule has 4 heteroatoms. The van der Waals surface area contributed by atoms with Crippen LogP contribution in [0.25, 0.3) is 0 Å². The summed E-state index contributed by atoms with van der Waals surface area (Å²) in [5.41, 5.74) is 4.11. The van der Waals surface area contributed by atoms with Gasteiger partial charge in [-0.25, -0.2) is 0 Å². The summed E-state index contributed by atoms with van der Waals surface area (Å²) in [7, 11) is 0. The third kappa shape index (κ3) is 5.92. The molecular formula is C18H30Cl2N2.